The lowest BCUT2D eigenvalue weighted by Crippen LogP contribution is -3.00. The van der Waals surface area contributed by atoms with Crippen LogP contribution in [0.2, 0.25) is 0 Å². The molecule has 0 aliphatic heterocycles. The van der Waals surface area contributed by atoms with Crippen LogP contribution < -0.4 is 18.6 Å². The van der Waals surface area contributed by atoms with Crippen molar-refractivity contribution in [1.29, 1.82) is 0 Å². The maximum atomic E-state index is 4.64. The van der Waals surface area contributed by atoms with E-state index in [0.717, 1.165) is 0 Å². The largest absolute Gasteiger partial charge is 1.00 e. The van der Waals surface area contributed by atoms with Gasteiger partial charge in [0.05, 0.1) is 0 Å². The third-order valence-electron chi connectivity index (χ3n) is 0. The van der Waals surface area contributed by atoms with Gasteiger partial charge in [-0.05, 0) is 0 Å². The molecule has 0 spiro atoms. The Bertz CT molecular complexity index is 6.00. The molecule has 0 saturated carbocycles. The van der Waals surface area contributed by atoms with Gasteiger partial charge in [-0.2, -0.15) is 0 Å². The van der Waals surface area contributed by atoms with Crippen LogP contribution in [0.5, 0.6) is 0 Å². The summed E-state index contributed by atoms with van der Waals surface area (Å²) >= 11 is 4.64. The van der Waals surface area contributed by atoms with Gasteiger partial charge < -0.3 is 18.6 Å². The molecule has 0 rings (SSSR count). The lowest BCUT2D eigenvalue weighted by molar-refractivity contribution is -0.000000905. The number of halogens is 2. The van der Waals surface area contributed by atoms with E-state index in [0.29, 0.717) is 0 Å². The van der Waals surface area contributed by atoms with Gasteiger partial charge in [0.2, 0.25) is 0 Å². The Labute approximate surface area is 37.3 Å². The van der Waals surface area contributed by atoms with Crippen molar-refractivity contribution < 1.29 is 12.4 Å². The predicted molar refractivity (Wildman–Crippen MR) is 17.8 cm³/mol. The summed E-state index contributed by atoms with van der Waals surface area (Å²) in [5.74, 6) is 0. The quantitative estimate of drug-likeness (QED) is 0.353. The van der Waals surface area contributed by atoms with Crippen molar-refractivity contribution in [3.63, 3.8) is 0 Å². The Hall–Kier alpha value is 0.540. The van der Waals surface area contributed by atoms with E-state index in [1.54, 1.807) is 0 Å². The number of hydrogen-bond acceptors (Lipinski definition) is 0. The molecule has 0 bridgehead atoms. The molecule has 0 amide bonds. The van der Waals surface area contributed by atoms with Crippen molar-refractivity contribution in [3.05, 3.63) is 0 Å². The van der Waals surface area contributed by atoms with E-state index in [9.17, 15) is 0 Å². The van der Waals surface area contributed by atoms with E-state index >= 15 is 0 Å². The van der Waals surface area contributed by atoms with Crippen molar-refractivity contribution in [3.8, 4) is 0 Å². The first kappa shape index (κ1) is 24.0. The van der Waals surface area contributed by atoms with Crippen LogP contribution in [0, 0.1) is 0 Å². The minimum Gasteiger partial charge on any atom is -1.00 e. The fourth-order valence-corrected chi connectivity index (χ4v) is 0. The second-order valence-corrected chi connectivity index (χ2v) is 0. The van der Waals surface area contributed by atoms with Crippen molar-refractivity contribution in [2.45, 2.75) is 0 Å². The van der Waals surface area contributed by atoms with Gasteiger partial charge in [0, 0.05) is 6.38 Å². The van der Waals surface area contributed by atoms with Crippen molar-refractivity contribution >= 4 is 11.6 Å². The Balaban J connectivity index is -0.00000000500. The Morgan fingerprint density at radius 2 is 1.25 bits per heavy atom. The molecule has 0 heterocycles. The van der Waals surface area contributed by atoms with Crippen LogP contribution >= 0.6 is 11.6 Å². The monoisotopic (exact) mass is 103 g/mol. The molecule has 4 heavy (non-hydrogen) atoms. The van der Waals surface area contributed by atoms with Crippen molar-refractivity contribution in [1.82, 2.24) is 6.15 Å². The molecule has 0 radical (unpaired) electrons. The van der Waals surface area contributed by atoms with E-state index < -0.39 is 0 Å². The first-order chi connectivity index (χ1) is 1.00. The van der Waals surface area contributed by atoms with Crippen LogP contribution in [0.3, 0.4) is 0 Å². The SMILES string of the molecule is CCl.[Cl-].[NH4+]. The van der Waals surface area contributed by atoms with E-state index in [1.165, 1.54) is 6.38 Å². The molecule has 3 heteroatoms. The topological polar surface area (TPSA) is 36.5 Å². The molecule has 0 aliphatic rings. The molecule has 0 fully saturated rings. The standard InChI is InChI=1S/CH3Cl.ClH.H3N/c1-2;;/h1H3;1H;1H3. The minimum atomic E-state index is 0. The number of rotatable bonds is 0. The second kappa shape index (κ2) is 78.3. The Morgan fingerprint density at radius 3 is 1.25 bits per heavy atom. The predicted octanol–water partition coefficient (Wildman–Crippen LogP) is -1.76. The maximum Gasteiger partial charge on any atom is 0.0108 e. The molecule has 0 aromatic carbocycles. The molecule has 1 nitrogen and oxygen atoms in total. The highest BCUT2D eigenvalue weighted by Crippen LogP contribution is 1.34. The summed E-state index contributed by atoms with van der Waals surface area (Å²) < 4.78 is 0. The molecular formula is CH7Cl2N. The smallest absolute Gasteiger partial charge is 0.0108 e. The summed E-state index contributed by atoms with van der Waals surface area (Å²) in [5, 5.41) is 0. The third kappa shape index (κ3) is 20.7. The summed E-state index contributed by atoms with van der Waals surface area (Å²) in [6.07, 6.45) is 1.47. The Morgan fingerprint density at radius 1 is 1.25 bits per heavy atom. The summed E-state index contributed by atoms with van der Waals surface area (Å²) in [6, 6.07) is 0. The molecule has 4 N–H and O–H groups in total. The van der Waals surface area contributed by atoms with Gasteiger partial charge in [-0.1, -0.05) is 0 Å². The van der Waals surface area contributed by atoms with Crippen LogP contribution in [-0.2, 0) is 0 Å². The number of alkyl halides is 1. The first-order valence-electron chi connectivity index (χ1n) is 0.378. The highest BCUT2D eigenvalue weighted by atomic mass is 35.5. The molecule has 30 valence electrons. The van der Waals surface area contributed by atoms with Crippen molar-refractivity contribution in [2.24, 2.45) is 0 Å². The van der Waals surface area contributed by atoms with Gasteiger partial charge in [-0.15, -0.1) is 11.6 Å². The fourth-order valence-electron chi connectivity index (χ4n) is 0. The van der Waals surface area contributed by atoms with Gasteiger partial charge in [-0.3, -0.25) is 0 Å². The molecular weight excluding hydrogens is 96.9 g/mol. The molecule has 0 saturated heterocycles. The van der Waals surface area contributed by atoms with Crippen LogP contribution in [-0.4, -0.2) is 6.38 Å². The summed E-state index contributed by atoms with van der Waals surface area (Å²) in [7, 11) is 0. The highest BCUT2D eigenvalue weighted by Gasteiger charge is 0.943. The average molecular weight is 104 g/mol. The van der Waals surface area contributed by atoms with Gasteiger partial charge in [0.15, 0.2) is 0 Å². The minimum absolute atomic E-state index is 0. The first-order valence-corrected chi connectivity index (χ1v) is 1.13. The van der Waals surface area contributed by atoms with E-state index in [-0.39, 0.29) is 18.6 Å². The van der Waals surface area contributed by atoms with E-state index in [1.807, 2.05) is 0 Å². The van der Waals surface area contributed by atoms with E-state index in [4.69, 9.17) is 0 Å². The van der Waals surface area contributed by atoms with Gasteiger partial charge in [-0.25, -0.2) is 0 Å². The Kier molecular flexibility index (Phi) is 470. The maximum absolute atomic E-state index is 4.64. The fraction of sp³-hybridized carbons (Fsp3) is 1.00. The molecule has 0 aliphatic carbocycles. The molecule has 0 aromatic heterocycles. The third-order valence-corrected chi connectivity index (χ3v) is 0. The van der Waals surface area contributed by atoms with Crippen LogP contribution in [0.25, 0.3) is 0 Å². The van der Waals surface area contributed by atoms with Gasteiger partial charge in [0.25, 0.3) is 0 Å². The zero-order valence-corrected chi connectivity index (χ0v) is 4.27. The van der Waals surface area contributed by atoms with Crippen LogP contribution in [0.1, 0.15) is 0 Å². The summed E-state index contributed by atoms with van der Waals surface area (Å²) in [4.78, 5) is 0. The second-order valence-electron chi connectivity index (χ2n) is 0. The lowest BCUT2D eigenvalue weighted by atomic mass is 12.0. The number of quaternary nitrogens is 1. The average Bonchev–Trinajstić information content (AvgIpc) is 1.00. The summed E-state index contributed by atoms with van der Waals surface area (Å²) in [5.41, 5.74) is 0. The van der Waals surface area contributed by atoms with Crippen molar-refractivity contribution in [2.75, 3.05) is 6.38 Å². The normalized spacial score (nSPS) is 1.50. The molecule has 0 unspecified atom stereocenters. The molecule has 0 atom stereocenters. The van der Waals surface area contributed by atoms with Gasteiger partial charge >= 0.3 is 0 Å². The highest BCUT2D eigenvalue weighted by molar-refractivity contribution is 6.15. The van der Waals surface area contributed by atoms with Gasteiger partial charge in [0.1, 0.15) is 0 Å². The number of hydrogen-bond donors (Lipinski definition) is 1. The summed E-state index contributed by atoms with van der Waals surface area (Å²) in [6.45, 7) is 0. The lowest BCUT2D eigenvalue weighted by Gasteiger charge is -1.06. The van der Waals surface area contributed by atoms with Crippen LogP contribution in [0.4, 0.5) is 0 Å². The van der Waals surface area contributed by atoms with Crippen LogP contribution in [0.15, 0.2) is 0 Å². The zero-order valence-electron chi connectivity index (χ0n) is 2.76. The zero-order chi connectivity index (χ0) is 2.00. The van der Waals surface area contributed by atoms with E-state index in [2.05, 4.69) is 11.6 Å². The molecule has 0 aromatic rings.